The third-order valence-corrected chi connectivity index (χ3v) is 5.39. The van der Waals surface area contributed by atoms with Crippen molar-refractivity contribution in [3.63, 3.8) is 0 Å². The van der Waals surface area contributed by atoms with Gasteiger partial charge < -0.3 is 9.64 Å². The molecule has 4 nitrogen and oxygen atoms in total. The average Bonchev–Trinajstić information content (AvgIpc) is 2.90. The van der Waals surface area contributed by atoms with E-state index in [2.05, 4.69) is 13.8 Å². The van der Waals surface area contributed by atoms with E-state index < -0.39 is 6.04 Å². The molecule has 2 atom stereocenters. The number of amides is 1. The molecular formula is C18H33NO3S. The molecule has 0 N–H and O–H groups in total. The zero-order chi connectivity index (χ0) is 17.2. The topological polar surface area (TPSA) is 46.6 Å². The number of ether oxygens (including phenoxy) is 1. The van der Waals surface area contributed by atoms with Gasteiger partial charge in [0, 0.05) is 12.2 Å². The molecule has 0 aromatic heterocycles. The van der Waals surface area contributed by atoms with Crippen molar-refractivity contribution in [3.05, 3.63) is 0 Å². The van der Waals surface area contributed by atoms with Gasteiger partial charge in [0.15, 0.2) is 0 Å². The van der Waals surface area contributed by atoms with Crippen LogP contribution in [0.5, 0.6) is 0 Å². The molecule has 0 aliphatic carbocycles. The van der Waals surface area contributed by atoms with Gasteiger partial charge in [-0.15, -0.1) is 11.8 Å². The van der Waals surface area contributed by atoms with E-state index in [4.69, 9.17) is 4.74 Å². The number of unbranched alkanes of at least 4 members (excludes halogenated alkanes) is 4. The molecule has 134 valence electrons. The second-order valence-corrected chi connectivity index (χ2v) is 7.75. The van der Waals surface area contributed by atoms with Crippen LogP contribution in [0.1, 0.15) is 79.1 Å². The fraction of sp³-hybridized carbons (Fsp3) is 0.889. The van der Waals surface area contributed by atoms with E-state index in [-0.39, 0.29) is 23.4 Å². The summed E-state index contributed by atoms with van der Waals surface area (Å²) >= 11 is 1.72. The molecule has 1 saturated heterocycles. The Morgan fingerprint density at radius 2 is 1.83 bits per heavy atom. The third kappa shape index (κ3) is 6.74. The summed E-state index contributed by atoms with van der Waals surface area (Å²) in [6.45, 7) is 8.01. The number of carbonyl (C=O) groups excluding carboxylic acids is 2. The molecule has 0 bridgehead atoms. The molecule has 23 heavy (non-hydrogen) atoms. The highest BCUT2D eigenvalue weighted by atomic mass is 32.2. The highest BCUT2D eigenvalue weighted by Gasteiger charge is 2.41. The van der Waals surface area contributed by atoms with E-state index in [1.807, 2.05) is 18.7 Å². The minimum atomic E-state index is -0.401. The van der Waals surface area contributed by atoms with Crippen molar-refractivity contribution in [2.75, 3.05) is 5.75 Å². The minimum Gasteiger partial charge on any atom is -0.461 e. The SMILES string of the molecule is CCCCCCCC(=O)N1C(CCC)SCC1C(=O)OC(C)C. The molecule has 0 radical (unpaired) electrons. The molecular weight excluding hydrogens is 310 g/mol. The summed E-state index contributed by atoms with van der Waals surface area (Å²) < 4.78 is 5.35. The Labute approximate surface area is 145 Å². The number of esters is 1. The summed E-state index contributed by atoms with van der Waals surface area (Å²) in [4.78, 5) is 26.8. The monoisotopic (exact) mass is 343 g/mol. The number of rotatable bonds is 10. The molecule has 0 aromatic carbocycles. The van der Waals surface area contributed by atoms with E-state index >= 15 is 0 Å². The van der Waals surface area contributed by atoms with Crippen LogP contribution < -0.4 is 0 Å². The van der Waals surface area contributed by atoms with Crippen LogP contribution in [0, 0.1) is 0 Å². The van der Waals surface area contributed by atoms with Crippen LogP contribution >= 0.6 is 11.8 Å². The van der Waals surface area contributed by atoms with Gasteiger partial charge in [-0.3, -0.25) is 4.79 Å². The molecule has 1 aliphatic heterocycles. The molecule has 2 unspecified atom stereocenters. The average molecular weight is 344 g/mol. The molecule has 1 heterocycles. The van der Waals surface area contributed by atoms with Crippen LogP contribution in [0.2, 0.25) is 0 Å². The van der Waals surface area contributed by atoms with Crippen LogP contribution in [0.4, 0.5) is 0 Å². The van der Waals surface area contributed by atoms with E-state index in [0.717, 1.165) is 25.7 Å². The maximum Gasteiger partial charge on any atom is 0.330 e. The van der Waals surface area contributed by atoms with E-state index in [1.165, 1.54) is 19.3 Å². The maximum absolute atomic E-state index is 12.7. The first-order chi connectivity index (χ1) is 11.0. The molecule has 1 rings (SSSR count). The Balaban J connectivity index is 2.61. The first-order valence-electron chi connectivity index (χ1n) is 9.14. The van der Waals surface area contributed by atoms with E-state index in [0.29, 0.717) is 12.2 Å². The first kappa shape index (κ1) is 20.3. The Morgan fingerprint density at radius 3 is 2.43 bits per heavy atom. The highest BCUT2D eigenvalue weighted by molar-refractivity contribution is 8.00. The summed E-state index contributed by atoms with van der Waals surface area (Å²) in [6, 6.07) is -0.401. The van der Waals surface area contributed by atoms with Crippen LogP contribution in [-0.2, 0) is 14.3 Å². The summed E-state index contributed by atoms with van der Waals surface area (Å²) in [6.07, 6.45) is 8.02. The van der Waals surface area contributed by atoms with Gasteiger partial charge in [0.1, 0.15) is 6.04 Å². The van der Waals surface area contributed by atoms with E-state index in [1.54, 1.807) is 11.8 Å². The summed E-state index contributed by atoms with van der Waals surface area (Å²) in [5, 5.41) is 0.132. The lowest BCUT2D eigenvalue weighted by molar-refractivity contribution is -0.157. The largest absolute Gasteiger partial charge is 0.461 e. The summed E-state index contributed by atoms with van der Waals surface area (Å²) in [7, 11) is 0. The number of hydrogen-bond donors (Lipinski definition) is 0. The molecule has 0 spiro atoms. The lowest BCUT2D eigenvalue weighted by atomic mass is 10.1. The van der Waals surface area contributed by atoms with Gasteiger partial charge in [0.25, 0.3) is 0 Å². The van der Waals surface area contributed by atoms with Crippen molar-refractivity contribution in [1.82, 2.24) is 4.90 Å². The molecule has 1 aliphatic rings. The van der Waals surface area contributed by atoms with Crippen molar-refractivity contribution < 1.29 is 14.3 Å². The normalized spacial score (nSPS) is 21.0. The lowest BCUT2D eigenvalue weighted by Crippen LogP contribution is -2.46. The first-order valence-corrected chi connectivity index (χ1v) is 10.2. The lowest BCUT2D eigenvalue weighted by Gasteiger charge is -2.28. The second-order valence-electron chi connectivity index (χ2n) is 6.54. The Hall–Kier alpha value is -0.710. The van der Waals surface area contributed by atoms with E-state index in [9.17, 15) is 9.59 Å². The zero-order valence-corrected chi connectivity index (χ0v) is 16.0. The van der Waals surface area contributed by atoms with Crippen molar-refractivity contribution in [2.45, 2.75) is 96.6 Å². The van der Waals surface area contributed by atoms with Gasteiger partial charge in [0.05, 0.1) is 11.5 Å². The Bertz CT molecular complexity index is 373. The smallest absolute Gasteiger partial charge is 0.330 e. The Kier molecular flexibility index (Phi) is 9.68. The predicted octanol–water partition coefficient (Wildman–Crippen LogP) is 4.37. The van der Waals surface area contributed by atoms with Crippen molar-refractivity contribution in [1.29, 1.82) is 0 Å². The maximum atomic E-state index is 12.7. The minimum absolute atomic E-state index is 0.121. The van der Waals surface area contributed by atoms with Gasteiger partial charge >= 0.3 is 5.97 Å². The number of thioether (sulfide) groups is 1. The van der Waals surface area contributed by atoms with Crippen LogP contribution in [0.25, 0.3) is 0 Å². The van der Waals surface area contributed by atoms with Gasteiger partial charge in [-0.05, 0) is 26.7 Å². The Morgan fingerprint density at radius 1 is 1.13 bits per heavy atom. The fourth-order valence-corrected chi connectivity index (χ4v) is 4.40. The standard InChI is InChI=1S/C18H33NO3S/c1-5-7-8-9-10-12-16(20)19-15(18(21)22-14(3)4)13-23-17(19)11-6-2/h14-15,17H,5-13H2,1-4H3. The predicted molar refractivity (Wildman–Crippen MR) is 96.4 cm³/mol. The highest BCUT2D eigenvalue weighted by Crippen LogP contribution is 2.33. The number of hydrogen-bond acceptors (Lipinski definition) is 4. The van der Waals surface area contributed by atoms with Crippen LogP contribution in [0.3, 0.4) is 0 Å². The summed E-state index contributed by atoms with van der Waals surface area (Å²) in [5.74, 6) is 0.540. The number of carbonyl (C=O) groups is 2. The molecule has 5 heteroatoms. The second kappa shape index (κ2) is 11.0. The summed E-state index contributed by atoms with van der Waals surface area (Å²) in [5.41, 5.74) is 0. The van der Waals surface area contributed by atoms with Crippen molar-refractivity contribution in [3.8, 4) is 0 Å². The van der Waals surface area contributed by atoms with Gasteiger partial charge in [0.2, 0.25) is 5.91 Å². The zero-order valence-electron chi connectivity index (χ0n) is 15.2. The quantitative estimate of drug-likeness (QED) is 0.436. The molecule has 0 aromatic rings. The van der Waals surface area contributed by atoms with Crippen molar-refractivity contribution in [2.24, 2.45) is 0 Å². The molecule has 0 saturated carbocycles. The van der Waals surface area contributed by atoms with Gasteiger partial charge in [-0.25, -0.2) is 4.79 Å². The number of nitrogens with zero attached hydrogens (tertiary/aromatic N) is 1. The fourth-order valence-electron chi connectivity index (χ4n) is 2.87. The van der Waals surface area contributed by atoms with Gasteiger partial charge in [-0.2, -0.15) is 0 Å². The van der Waals surface area contributed by atoms with Gasteiger partial charge in [-0.1, -0.05) is 46.0 Å². The van der Waals surface area contributed by atoms with Crippen LogP contribution in [0.15, 0.2) is 0 Å². The third-order valence-electron chi connectivity index (χ3n) is 4.03. The molecule has 1 fully saturated rings. The van der Waals surface area contributed by atoms with Crippen LogP contribution in [-0.4, -0.2) is 40.0 Å². The molecule has 1 amide bonds. The van der Waals surface area contributed by atoms with Crippen molar-refractivity contribution >= 4 is 23.6 Å².